The molecule has 3 rings (SSSR count). The summed E-state index contributed by atoms with van der Waals surface area (Å²) in [6, 6.07) is 4.69. The molecule has 8 heteroatoms. The number of benzene rings is 1. The van der Waals surface area contributed by atoms with Crippen LogP contribution in [0.3, 0.4) is 0 Å². The Labute approximate surface area is 143 Å². The first-order chi connectivity index (χ1) is 11.5. The van der Waals surface area contributed by atoms with Crippen LogP contribution in [-0.4, -0.2) is 43.6 Å². The number of carbonyl (C=O) groups is 2. The van der Waals surface area contributed by atoms with Crippen LogP contribution < -0.4 is 10.2 Å². The molecule has 1 saturated heterocycles. The lowest BCUT2D eigenvalue weighted by atomic mass is 10.1. The van der Waals surface area contributed by atoms with Crippen molar-refractivity contribution in [1.82, 2.24) is 5.32 Å². The van der Waals surface area contributed by atoms with Crippen molar-refractivity contribution < 1.29 is 22.9 Å². The minimum atomic E-state index is -0.543. The molecule has 1 atom stereocenters. The van der Waals surface area contributed by atoms with Crippen molar-refractivity contribution in [2.45, 2.75) is 13.0 Å². The predicted octanol–water partition coefficient (Wildman–Crippen LogP) is 2.35. The highest BCUT2D eigenvalue weighted by molar-refractivity contribution is 7.95. The molecule has 0 radical (unpaired) electrons. The van der Waals surface area contributed by atoms with E-state index in [1.807, 2.05) is 6.08 Å². The van der Waals surface area contributed by atoms with E-state index in [1.54, 1.807) is 12.1 Å². The van der Waals surface area contributed by atoms with Crippen LogP contribution in [0, 0.1) is 5.82 Å². The highest BCUT2D eigenvalue weighted by atomic mass is 32.2. The third-order valence-electron chi connectivity index (χ3n) is 3.76. The Hall–Kier alpha value is -2.06. The number of amides is 2. The number of hydrogen-bond donors (Lipinski definition) is 1. The first-order valence-corrected chi connectivity index (χ1v) is 8.41. The van der Waals surface area contributed by atoms with Gasteiger partial charge >= 0.3 is 6.09 Å². The third-order valence-corrected chi connectivity index (χ3v) is 4.49. The van der Waals surface area contributed by atoms with E-state index in [-0.39, 0.29) is 24.8 Å². The smallest absolute Gasteiger partial charge is 0.414 e. The molecule has 2 aliphatic heterocycles. The van der Waals surface area contributed by atoms with Gasteiger partial charge in [-0.3, -0.25) is 9.69 Å². The first kappa shape index (κ1) is 16.8. The van der Waals surface area contributed by atoms with Crippen molar-refractivity contribution in [3.05, 3.63) is 35.7 Å². The summed E-state index contributed by atoms with van der Waals surface area (Å²) in [5, 5.41) is 2.61. The van der Waals surface area contributed by atoms with Crippen LogP contribution in [0.25, 0.3) is 5.57 Å². The Bertz CT molecular complexity index is 695. The number of anilines is 1. The maximum atomic E-state index is 14.4. The average molecular weight is 352 g/mol. The van der Waals surface area contributed by atoms with Gasteiger partial charge in [0.1, 0.15) is 11.9 Å². The molecule has 0 bridgehead atoms. The lowest BCUT2D eigenvalue weighted by Gasteiger charge is -2.17. The monoisotopic (exact) mass is 352 g/mol. The largest absolute Gasteiger partial charge is 0.442 e. The van der Waals surface area contributed by atoms with Crippen molar-refractivity contribution in [3.63, 3.8) is 0 Å². The molecular weight excluding hydrogens is 335 g/mol. The molecule has 24 heavy (non-hydrogen) atoms. The van der Waals surface area contributed by atoms with E-state index < -0.39 is 12.2 Å². The molecular formula is C16H17FN2O4S. The number of cyclic esters (lactones) is 1. The predicted molar refractivity (Wildman–Crippen MR) is 89.1 cm³/mol. The van der Waals surface area contributed by atoms with Gasteiger partial charge in [0.25, 0.3) is 0 Å². The Morgan fingerprint density at radius 1 is 1.50 bits per heavy atom. The summed E-state index contributed by atoms with van der Waals surface area (Å²) in [5.41, 5.74) is 1.83. The number of rotatable bonds is 4. The van der Waals surface area contributed by atoms with E-state index in [1.165, 1.54) is 29.9 Å². The summed E-state index contributed by atoms with van der Waals surface area (Å²) in [6.45, 7) is 2.35. The lowest BCUT2D eigenvalue weighted by Crippen LogP contribution is -2.33. The Kier molecular flexibility index (Phi) is 5.06. The van der Waals surface area contributed by atoms with E-state index >= 15 is 0 Å². The van der Waals surface area contributed by atoms with Gasteiger partial charge in [-0.2, -0.15) is 0 Å². The molecule has 0 spiro atoms. The van der Waals surface area contributed by atoms with E-state index in [0.29, 0.717) is 23.6 Å². The second kappa shape index (κ2) is 7.23. The molecule has 0 saturated carbocycles. The van der Waals surface area contributed by atoms with Crippen molar-refractivity contribution in [3.8, 4) is 0 Å². The quantitative estimate of drug-likeness (QED) is 0.843. The summed E-state index contributed by atoms with van der Waals surface area (Å²) in [5.74, 6) is 0.00253. The summed E-state index contributed by atoms with van der Waals surface area (Å²) < 4.78 is 24.8. The van der Waals surface area contributed by atoms with Crippen LogP contribution in [0.2, 0.25) is 0 Å². The molecule has 1 aromatic rings. The zero-order valence-electron chi connectivity index (χ0n) is 13.1. The zero-order chi connectivity index (χ0) is 17.1. The van der Waals surface area contributed by atoms with Gasteiger partial charge in [-0.05, 0) is 35.8 Å². The molecule has 0 unspecified atom stereocenters. The highest BCUT2D eigenvalue weighted by Gasteiger charge is 2.32. The fourth-order valence-corrected chi connectivity index (χ4v) is 3.21. The number of carbonyl (C=O) groups excluding carboxylic acids is 2. The van der Waals surface area contributed by atoms with Crippen LogP contribution in [-0.2, 0) is 13.7 Å². The van der Waals surface area contributed by atoms with E-state index in [4.69, 9.17) is 8.92 Å². The average Bonchev–Trinajstić information content (AvgIpc) is 2.94. The van der Waals surface area contributed by atoms with Gasteiger partial charge in [0, 0.05) is 18.2 Å². The summed E-state index contributed by atoms with van der Waals surface area (Å²) in [4.78, 5) is 24.3. The van der Waals surface area contributed by atoms with Crippen molar-refractivity contribution in [2.75, 3.05) is 30.3 Å². The van der Waals surface area contributed by atoms with Crippen LogP contribution in [0.5, 0.6) is 0 Å². The normalized spacial score (nSPS) is 20.6. The number of hydrogen-bond acceptors (Lipinski definition) is 5. The van der Waals surface area contributed by atoms with E-state index in [2.05, 4.69) is 5.32 Å². The lowest BCUT2D eigenvalue weighted by molar-refractivity contribution is -0.119. The summed E-state index contributed by atoms with van der Waals surface area (Å²) in [6.07, 6.45) is 0.861. The molecule has 0 aromatic heterocycles. The van der Waals surface area contributed by atoms with Crippen LogP contribution in [0.4, 0.5) is 14.9 Å². The molecule has 1 fully saturated rings. The standard InChI is InChI=1S/C16H17FN2O4S/c1-10(20)18-7-13-8-19(16(21)23-13)12-2-3-14(15(17)6-12)11-4-5-22-24-9-11/h2-4,6,13H,5,7-9H2,1H3,(H,18,20)/t13-/m0/s1. The fraction of sp³-hybridized carbons (Fsp3) is 0.375. The number of ether oxygens (including phenoxy) is 1. The molecule has 2 amide bonds. The van der Waals surface area contributed by atoms with Crippen molar-refractivity contribution in [1.29, 1.82) is 0 Å². The second-order valence-electron chi connectivity index (χ2n) is 5.49. The van der Waals surface area contributed by atoms with E-state index in [0.717, 1.165) is 5.57 Å². The third kappa shape index (κ3) is 3.70. The van der Waals surface area contributed by atoms with Gasteiger partial charge in [-0.1, -0.05) is 6.08 Å². The maximum absolute atomic E-state index is 14.4. The summed E-state index contributed by atoms with van der Waals surface area (Å²) in [7, 11) is 0. The minimum absolute atomic E-state index is 0.192. The Morgan fingerprint density at radius 2 is 2.33 bits per heavy atom. The van der Waals surface area contributed by atoms with Crippen molar-refractivity contribution in [2.24, 2.45) is 0 Å². The van der Waals surface area contributed by atoms with Gasteiger partial charge in [0.2, 0.25) is 5.91 Å². The van der Waals surface area contributed by atoms with Gasteiger partial charge in [-0.15, -0.1) is 0 Å². The Morgan fingerprint density at radius 3 is 3.00 bits per heavy atom. The van der Waals surface area contributed by atoms with Gasteiger partial charge in [0.15, 0.2) is 0 Å². The van der Waals surface area contributed by atoms with Gasteiger partial charge < -0.3 is 14.2 Å². The molecule has 128 valence electrons. The molecule has 0 aliphatic carbocycles. The molecule has 1 aromatic carbocycles. The SMILES string of the molecule is CC(=O)NC[C@H]1CN(c2ccc(C3=CCOSC3)c(F)c2)C(=O)O1. The number of halogens is 1. The summed E-state index contributed by atoms with van der Waals surface area (Å²) >= 11 is 1.29. The van der Waals surface area contributed by atoms with Crippen LogP contribution in [0.1, 0.15) is 12.5 Å². The Balaban J connectivity index is 1.73. The maximum Gasteiger partial charge on any atom is 0.414 e. The highest BCUT2D eigenvalue weighted by Crippen LogP contribution is 2.30. The second-order valence-corrected chi connectivity index (χ2v) is 6.25. The first-order valence-electron chi connectivity index (χ1n) is 7.50. The van der Waals surface area contributed by atoms with Gasteiger partial charge in [-0.25, -0.2) is 9.18 Å². The van der Waals surface area contributed by atoms with Gasteiger partial charge in [0.05, 0.1) is 25.4 Å². The zero-order valence-corrected chi connectivity index (χ0v) is 13.9. The van der Waals surface area contributed by atoms with Crippen LogP contribution in [0.15, 0.2) is 24.3 Å². The molecule has 2 heterocycles. The number of nitrogens with zero attached hydrogens (tertiary/aromatic N) is 1. The van der Waals surface area contributed by atoms with Crippen molar-refractivity contribution >= 4 is 35.3 Å². The van der Waals surface area contributed by atoms with Crippen LogP contribution >= 0.6 is 12.0 Å². The number of nitrogens with one attached hydrogen (secondary N) is 1. The molecule has 2 aliphatic rings. The van der Waals surface area contributed by atoms with E-state index in [9.17, 15) is 14.0 Å². The molecule has 1 N–H and O–H groups in total. The topological polar surface area (TPSA) is 67.9 Å². The minimum Gasteiger partial charge on any atom is -0.442 e. The fourth-order valence-electron chi connectivity index (χ4n) is 2.56. The molecule has 6 nitrogen and oxygen atoms in total.